The van der Waals surface area contributed by atoms with E-state index in [2.05, 4.69) is 31.3 Å². The van der Waals surface area contributed by atoms with Crippen molar-refractivity contribution in [3.63, 3.8) is 0 Å². The SMILES string of the molecule is CCC(C)c1ccccc1Oc1ccc(Cl)cc1CNC. The lowest BCUT2D eigenvalue weighted by atomic mass is 9.98. The Labute approximate surface area is 132 Å². The molecule has 0 radical (unpaired) electrons. The highest BCUT2D eigenvalue weighted by Crippen LogP contribution is 2.34. The smallest absolute Gasteiger partial charge is 0.132 e. The predicted molar refractivity (Wildman–Crippen MR) is 89.4 cm³/mol. The van der Waals surface area contributed by atoms with E-state index in [1.165, 1.54) is 5.56 Å². The molecule has 1 atom stereocenters. The zero-order valence-corrected chi connectivity index (χ0v) is 13.6. The van der Waals surface area contributed by atoms with E-state index in [1.807, 2.05) is 37.4 Å². The fraction of sp³-hybridized carbons (Fsp3) is 0.333. The van der Waals surface area contributed by atoms with Crippen molar-refractivity contribution in [2.45, 2.75) is 32.7 Å². The van der Waals surface area contributed by atoms with Gasteiger partial charge in [0.05, 0.1) is 0 Å². The van der Waals surface area contributed by atoms with Gasteiger partial charge in [-0.15, -0.1) is 0 Å². The van der Waals surface area contributed by atoms with Crippen LogP contribution in [0, 0.1) is 0 Å². The van der Waals surface area contributed by atoms with Crippen LogP contribution < -0.4 is 10.1 Å². The van der Waals surface area contributed by atoms with E-state index >= 15 is 0 Å². The van der Waals surface area contributed by atoms with E-state index in [9.17, 15) is 0 Å². The van der Waals surface area contributed by atoms with E-state index in [0.717, 1.165) is 35.1 Å². The molecule has 21 heavy (non-hydrogen) atoms. The number of benzene rings is 2. The van der Waals surface area contributed by atoms with Crippen molar-refractivity contribution in [2.24, 2.45) is 0 Å². The van der Waals surface area contributed by atoms with Gasteiger partial charge in [-0.2, -0.15) is 0 Å². The van der Waals surface area contributed by atoms with Crippen molar-refractivity contribution >= 4 is 11.6 Å². The van der Waals surface area contributed by atoms with Gasteiger partial charge in [0.25, 0.3) is 0 Å². The molecule has 1 unspecified atom stereocenters. The first kappa shape index (κ1) is 15.9. The van der Waals surface area contributed by atoms with E-state index in [0.29, 0.717) is 5.92 Å². The normalized spacial score (nSPS) is 12.2. The molecule has 0 saturated heterocycles. The number of ether oxygens (including phenoxy) is 1. The Morgan fingerprint density at radius 2 is 1.90 bits per heavy atom. The molecule has 0 spiro atoms. The van der Waals surface area contributed by atoms with Gasteiger partial charge in [-0.05, 0) is 49.2 Å². The van der Waals surface area contributed by atoms with Gasteiger partial charge in [-0.3, -0.25) is 0 Å². The zero-order chi connectivity index (χ0) is 15.2. The topological polar surface area (TPSA) is 21.3 Å². The standard InChI is InChI=1S/C18H22ClNO/c1-4-13(2)16-7-5-6-8-18(16)21-17-10-9-15(19)11-14(17)12-20-3/h5-11,13,20H,4,12H2,1-3H3. The number of hydrogen-bond donors (Lipinski definition) is 1. The third kappa shape index (κ3) is 3.99. The fourth-order valence-electron chi connectivity index (χ4n) is 2.30. The molecule has 0 aliphatic heterocycles. The maximum Gasteiger partial charge on any atom is 0.132 e. The summed E-state index contributed by atoms with van der Waals surface area (Å²) in [6, 6.07) is 14.0. The second-order valence-electron chi connectivity index (χ2n) is 5.23. The zero-order valence-electron chi connectivity index (χ0n) is 12.8. The van der Waals surface area contributed by atoms with Crippen molar-refractivity contribution in [1.29, 1.82) is 0 Å². The summed E-state index contributed by atoms with van der Waals surface area (Å²) >= 11 is 6.08. The van der Waals surface area contributed by atoms with E-state index in [-0.39, 0.29) is 0 Å². The van der Waals surface area contributed by atoms with Crippen LogP contribution in [-0.2, 0) is 6.54 Å². The van der Waals surface area contributed by atoms with E-state index < -0.39 is 0 Å². The molecule has 0 bridgehead atoms. The van der Waals surface area contributed by atoms with Crippen LogP contribution in [0.3, 0.4) is 0 Å². The van der Waals surface area contributed by atoms with Gasteiger partial charge in [-0.25, -0.2) is 0 Å². The Morgan fingerprint density at radius 3 is 2.62 bits per heavy atom. The lowest BCUT2D eigenvalue weighted by Crippen LogP contribution is -2.07. The summed E-state index contributed by atoms with van der Waals surface area (Å²) in [7, 11) is 1.91. The predicted octanol–water partition coefficient (Wildman–Crippen LogP) is 5.37. The van der Waals surface area contributed by atoms with Crippen molar-refractivity contribution < 1.29 is 4.74 Å². The third-order valence-corrected chi connectivity index (χ3v) is 3.91. The van der Waals surface area contributed by atoms with Gasteiger partial charge in [0.2, 0.25) is 0 Å². The highest BCUT2D eigenvalue weighted by molar-refractivity contribution is 6.30. The summed E-state index contributed by atoms with van der Waals surface area (Å²) in [5, 5.41) is 3.87. The summed E-state index contributed by atoms with van der Waals surface area (Å²) in [5.41, 5.74) is 2.30. The molecule has 0 aromatic heterocycles. The molecule has 2 aromatic rings. The molecule has 112 valence electrons. The molecule has 0 heterocycles. The van der Waals surface area contributed by atoms with Crippen LogP contribution in [0.25, 0.3) is 0 Å². The van der Waals surface area contributed by atoms with Crippen molar-refractivity contribution in [3.8, 4) is 11.5 Å². The second kappa shape index (κ2) is 7.48. The Hall–Kier alpha value is -1.51. The maximum absolute atomic E-state index is 6.17. The number of nitrogens with one attached hydrogen (secondary N) is 1. The number of hydrogen-bond acceptors (Lipinski definition) is 2. The average Bonchev–Trinajstić information content (AvgIpc) is 2.50. The van der Waals surface area contributed by atoms with Gasteiger partial charge in [0.1, 0.15) is 11.5 Å². The van der Waals surface area contributed by atoms with Crippen LogP contribution in [0.2, 0.25) is 5.02 Å². The van der Waals surface area contributed by atoms with E-state index in [1.54, 1.807) is 0 Å². The molecule has 2 nitrogen and oxygen atoms in total. The molecule has 0 fully saturated rings. The second-order valence-corrected chi connectivity index (χ2v) is 5.67. The number of halogens is 1. The Bertz CT molecular complexity index is 598. The van der Waals surface area contributed by atoms with Gasteiger partial charge in [0.15, 0.2) is 0 Å². The summed E-state index contributed by atoms with van der Waals surface area (Å²) in [6.45, 7) is 5.14. The first-order valence-electron chi connectivity index (χ1n) is 7.35. The summed E-state index contributed by atoms with van der Waals surface area (Å²) in [5.74, 6) is 2.25. The van der Waals surface area contributed by atoms with Crippen LogP contribution in [-0.4, -0.2) is 7.05 Å². The lowest BCUT2D eigenvalue weighted by Gasteiger charge is -2.17. The number of para-hydroxylation sites is 1. The number of rotatable bonds is 6. The third-order valence-electron chi connectivity index (χ3n) is 3.67. The van der Waals surface area contributed by atoms with Crippen LogP contribution in [0.5, 0.6) is 11.5 Å². The molecule has 0 aliphatic rings. The van der Waals surface area contributed by atoms with Crippen molar-refractivity contribution in [1.82, 2.24) is 5.32 Å². The van der Waals surface area contributed by atoms with Crippen LogP contribution in [0.4, 0.5) is 0 Å². The fourth-order valence-corrected chi connectivity index (χ4v) is 2.49. The Balaban J connectivity index is 2.34. The Kier molecular flexibility index (Phi) is 5.66. The first-order valence-corrected chi connectivity index (χ1v) is 7.73. The average molecular weight is 304 g/mol. The van der Waals surface area contributed by atoms with E-state index in [4.69, 9.17) is 16.3 Å². The molecule has 0 aliphatic carbocycles. The summed E-state index contributed by atoms with van der Waals surface area (Å²) in [6.07, 6.45) is 1.09. The van der Waals surface area contributed by atoms with Gasteiger partial charge in [0, 0.05) is 17.1 Å². The molecular weight excluding hydrogens is 282 g/mol. The molecule has 1 N–H and O–H groups in total. The van der Waals surface area contributed by atoms with Gasteiger partial charge in [-0.1, -0.05) is 43.6 Å². The first-order chi connectivity index (χ1) is 10.2. The maximum atomic E-state index is 6.17. The summed E-state index contributed by atoms with van der Waals surface area (Å²) in [4.78, 5) is 0. The van der Waals surface area contributed by atoms with Gasteiger partial charge >= 0.3 is 0 Å². The quantitative estimate of drug-likeness (QED) is 0.775. The molecule has 0 amide bonds. The lowest BCUT2D eigenvalue weighted by molar-refractivity contribution is 0.463. The molecular formula is C18H22ClNO. The highest BCUT2D eigenvalue weighted by atomic mass is 35.5. The van der Waals surface area contributed by atoms with Crippen LogP contribution >= 0.6 is 11.6 Å². The largest absolute Gasteiger partial charge is 0.457 e. The van der Waals surface area contributed by atoms with Crippen LogP contribution in [0.15, 0.2) is 42.5 Å². The van der Waals surface area contributed by atoms with Crippen molar-refractivity contribution in [2.75, 3.05) is 7.05 Å². The van der Waals surface area contributed by atoms with Gasteiger partial charge < -0.3 is 10.1 Å². The molecule has 0 saturated carbocycles. The highest BCUT2D eigenvalue weighted by Gasteiger charge is 2.12. The van der Waals surface area contributed by atoms with Crippen LogP contribution in [0.1, 0.15) is 37.3 Å². The minimum atomic E-state index is 0.473. The summed E-state index contributed by atoms with van der Waals surface area (Å²) < 4.78 is 6.17. The minimum Gasteiger partial charge on any atom is -0.457 e. The molecule has 3 heteroatoms. The minimum absolute atomic E-state index is 0.473. The molecule has 2 rings (SSSR count). The Morgan fingerprint density at radius 1 is 1.14 bits per heavy atom. The monoisotopic (exact) mass is 303 g/mol. The van der Waals surface area contributed by atoms with Crippen molar-refractivity contribution in [3.05, 3.63) is 58.6 Å². The molecule has 2 aromatic carbocycles.